The van der Waals surface area contributed by atoms with Crippen molar-refractivity contribution < 1.29 is 13.9 Å². The van der Waals surface area contributed by atoms with Crippen molar-refractivity contribution in [2.45, 2.75) is 13.0 Å². The lowest BCUT2D eigenvalue weighted by atomic mass is 10.0. The Morgan fingerprint density at radius 1 is 1.31 bits per heavy atom. The quantitative estimate of drug-likeness (QED) is 0.704. The SMILES string of the molecule is Cc1cc(C(c2ccsc2)N2CCOCC2)c(NC(=O)c2ccco2)s1. The molecule has 7 heteroatoms. The maximum absolute atomic E-state index is 12.5. The molecule has 0 aromatic carbocycles. The summed E-state index contributed by atoms with van der Waals surface area (Å²) in [6.07, 6.45) is 1.51. The van der Waals surface area contributed by atoms with Gasteiger partial charge < -0.3 is 14.5 Å². The molecule has 1 atom stereocenters. The minimum absolute atomic E-state index is 0.113. The van der Waals surface area contributed by atoms with Crippen LogP contribution >= 0.6 is 22.7 Å². The van der Waals surface area contributed by atoms with Gasteiger partial charge in [-0.3, -0.25) is 9.69 Å². The van der Waals surface area contributed by atoms with Crippen molar-refractivity contribution >= 4 is 33.6 Å². The normalized spacial score (nSPS) is 16.5. The Balaban J connectivity index is 1.68. The average molecular weight is 389 g/mol. The standard InChI is InChI=1S/C19H20N2O3S2/c1-13-11-15(19(26-13)20-18(22)16-3-2-7-24-16)17(14-4-10-25-12-14)21-5-8-23-9-6-21/h2-4,7,10-12,17H,5-6,8-9H2,1H3,(H,20,22). The van der Waals surface area contributed by atoms with Crippen LogP contribution in [0, 0.1) is 6.92 Å². The predicted octanol–water partition coefficient (Wildman–Crippen LogP) is 4.38. The van der Waals surface area contributed by atoms with E-state index in [9.17, 15) is 4.79 Å². The van der Waals surface area contributed by atoms with E-state index in [1.807, 2.05) is 0 Å². The highest BCUT2D eigenvalue weighted by atomic mass is 32.1. The maximum atomic E-state index is 12.5. The summed E-state index contributed by atoms with van der Waals surface area (Å²) in [5, 5.41) is 8.21. The van der Waals surface area contributed by atoms with E-state index in [4.69, 9.17) is 9.15 Å². The number of aryl methyl sites for hydroxylation is 1. The number of amides is 1. The highest BCUT2D eigenvalue weighted by molar-refractivity contribution is 7.16. The van der Waals surface area contributed by atoms with Crippen molar-refractivity contribution in [2.75, 3.05) is 31.6 Å². The number of rotatable bonds is 5. The third kappa shape index (κ3) is 3.61. The molecule has 0 saturated carbocycles. The number of hydrogen-bond acceptors (Lipinski definition) is 6. The summed E-state index contributed by atoms with van der Waals surface area (Å²) >= 11 is 3.30. The van der Waals surface area contributed by atoms with Gasteiger partial charge in [0.25, 0.3) is 5.91 Å². The highest BCUT2D eigenvalue weighted by Gasteiger charge is 2.28. The first kappa shape index (κ1) is 17.5. The molecule has 0 aliphatic carbocycles. The van der Waals surface area contributed by atoms with Gasteiger partial charge in [-0.05, 0) is 47.5 Å². The fraction of sp³-hybridized carbons (Fsp3) is 0.316. The van der Waals surface area contributed by atoms with Crippen molar-refractivity contribution in [3.8, 4) is 0 Å². The molecule has 1 N–H and O–H groups in total. The number of morpholine rings is 1. The maximum Gasteiger partial charge on any atom is 0.291 e. The molecule has 1 saturated heterocycles. The second kappa shape index (κ2) is 7.75. The van der Waals surface area contributed by atoms with Crippen LogP contribution in [0.1, 0.15) is 32.6 Å². The van der Waals surface area contributed by atoms with E-state index < -0.39 is 0 Å². The highest BCUT2D eigenvalue weighted by Crippen LogP contribution is 2.40. The minimum Gasteiger partial charge on any atom is -0.459 e. The first-order valence-corrected chi connectivity index (χ1v) is 10.3. The Hall–Kier alpha value is -1.93. The molecule has 3 aromatic heterocycles. The number of nitrogens with zero attached hydrogens (tertiary/aromatic N) is 1. The molecule has 0 spiro atoms. The molecule has 26 heavy (non-hydrogen) atoms. The summed E-state index contributed by atoms with van der Waals surface area (Å²) in [5.41, 5.74) is 2.39. The third-order valence-corrected chi connectivity index (χ3v) is 6.10. The number of furan rings is 1. The van der Waals surface area contributed by atoms with Crippen LogP contribution in [0.4, 0.5) is 5.00 Å². The molecule has 136 valence electrons. The Morgan fingerprint density at radius 3 is 2.85 bits per heavy atom. The smallest absolute Gasteiger partial charge is 0.291 e. The van der Waals surface area contributed by atoms with Crippen molar-refractivity contribution in [1.82, 2.24) is 4.90 Å². The monoisotopic (exact) mass is 388 g/mol. The van der Waals surface area contributed by atoms with E-state index >= 15 is 0 Å². The van der Waals surface area contributed by atoms with Crippen LogP contribution in [0.2, 0.25) is 0 Å². The number of anilines is 1. The van der Waals surface area contributed by atoms with Crippen LogP contribution in [0.15, 0.2) is 45.7 Å². The van der Waals surface area contributed by atoms with Gasteiger partial charge in [-0.15, -0.1) is 11.3 Å². The lowest BCUT2D eigenvalue weighted by molar-refractivity contribution is 0.0242. The van der Waals surface area contributed by atoms with E-state index in [-0.39, 0.29) is 11.9 Å². The van der Waals surface area contributed by atoms with Crippen molar-refractivity contribution in [2.24, 2.45) is 0 Å². The van der Waals surface area contributed by atoms with Crippen LogP contribution < -0.4 is 5.32 Å². The average Bonchev–Trinajstić information content (AvgIpc) is 3.39. The molecule has 0 radical (unpaired) electrons. The third-order valence-electron chi connectivity index (χ3n) is 4.42. The molecular weight excluding hydrogens is 368 g/mol. The summed E-state index contributed by atoms with van der Waals surface area (Å²) in [4.78, 5) is 16.1. The van der Waals surface area contributed by atoms with E-state index in [1.165, 1.54) is 16.7 Å². The molecule has 1 unspecified atom stereocenters. The zero-order valence-corrected chi connectivity index (χ0v) is 16.1. The first-order valence-electron chi connectivity index (χ1n) is 8.51. The van der Waals surface area contributed by atoms with Crippen molar-refractivity contribution in [3.05, 3.63) is 63.1 Å². The fourth-order valence-corrected chi connectivity index (χ4v) is 4.88. The number of nitrogens with one attached hydrogen (secondary N) is 1. The molecule has 0 bridgehead atoms. The lowest BCUT2D eigenvalue weighted by Crippen LogP contribution is -2.39. The van der Waals surface area contributed by atoms with E-state index in [0.717, 1.165) is 36.9 Å². The van der Waals surface area contributed by atoms with Crippen molar-refractivity contribution in [1.29, 1.82) is 0 Å². The van der Waals surface area contributed by atoms with Gasteiger partial charge in [0.1, 0.15) is 5.00 Å². The number of carbonyl (C=O) groups excluding carboxylic acids is 1. The van der Waals surface area contributed by atoms with Gasteiger partial charge in [-0.2, -0.15) is 11.3 Å². The Morgan fingerprint density at radius 2 is 2.15 bits per heavy atom. The van der Waals surface area contributed by atoms with Gasteiger partial charge in [-0.1, -0.05) is 0 Å². The van der Waals surface area contributed by atoms with Gasteiger partial charge in [0.2, 0.25) is 0 Å². The molecule has 4 heterocycles. The number of hydrogen-bond donors (Lipinski definition) is 1. The van der Waals surface area contributed by atoms with Gasteiger partial charge in [0.05, 0.1) is 25.5 Å². The molecule has 1 amide bonds. The lowest BCUT2D eigenvalue weighted by Gasteiger charge is -2.34. The van der Waals surface area contributed by atoms with E-state index in [2.05, 4.69) is 40.0 Å². The van der Waals surface area contributed by atoms with Gasteiger partial charge in [0.15, 0.2) is 5.76 Å². The summed E-state index contributed by atoms with van der Waals surface area (Å²) < 4.78 is 10.8. The summed E-state index contributed by atoms with van der Waals surface area (Å²) in [5.74, 6) is 0.101. The fourth-order valence-electron chi connectivity index (χ4n) is 3.26. The number of ether oxygens (including phenoxy) is 1. The number of thiophene rings is 2. The minimum atomic E-state index is -0.218. The second-order valence-electron chi connectivity index (χ2n) is 6.18. The van der Waals surface area contributed by atoms with Gasteiger partial charge in [0, 0.05) is 23.5 Å². The molecule has 1 aliphatic rings. The Labute approximate surface area is 160 Å². The largest absolute Gasteiger partial charge is 0.459 e. The van der Waals surface area contributed by atoms with Crippen LogP contribution in [-0.2, 0) is 4.74 Å². The molecule has 1 aliphatic heterocycles. The summed E-state index contributed by atoms with van der Waals surface area (Å²) in [7, 11) is 0. The molecule has 3 aromatic rings. The Bertz CT molecular complexity index is 850. The topological polar surface area (TPSA) is 54.7 Å². The Kier molecular flexibility index (Phi) is 5.21. The van der Waals surface area contributed by atoms with E-state index in [0.29, 0.717) is 5.76 Å². The van der Waals surface area contributed by atoms with Crippen molar-refractivity contribution in [3.63, 3.8) is 0 Å². The zero-order valence-electron chi connectivity index (χ0n) is 14.4. The summed E-state index contributed by atoms with van der Waals surface area (Å²) in [6, 6.07) is 7.85. The van der Waals surface area contributed by atoms with Crippen LogP contribution in [-0.4, -0.2) is 37.1 Å². The molecule has 4 rings (SSSR count). The van der Waals surface area contributed by atoms with Gasteiger partial charge in [-0.25, -0.2) is 0 Å². The van der Waals surface area contributed by atoms with Crippen LogP contribution in [0.25, 0.3) is 0 Å². The zero-order chi connectivity index (χ0) is 17.9. The first-order chi connectivity index (χ1) is 12.7. The predicted molar refractivity (Wildman–Crippen MR) is 104 cm³/mol. The second-order valence-corrected chi connectivity index (χ2v) is 8.22. The molecule has 5 nitrogen and oxygen atoms in total. The van der Waals surface area contributed by atoms with E-state index in [1.54, 1.807) is 34.8 Å². The van der Waals surface area contributed by atoms with Crippen LogP contribution in [0.3, 0.4) is 0 Å². The number of carbonyl (C=O) groups is 1. The molecule has 1 fully saturated rings. The van der Waals surface area contributed by atoms with Crippen LogP contribution in [0.5, 0.6) is 0 Å². The van der Waals surface area contributed by atoms with Gasteiger partial charge >= 0.3 is 0 Å². The molecular formula is C19H20N2O3S2. The summed E-state index contributed by atoms with van der Waals surface area (Å²) in [6.45, 7) is 5.29.